The smallest absolute Gasteiger partial charge is 0.230 e. The van der Waals surface area contributed by atoms with Gasteiger partial charge in [0, 0.05) is 23.6 Å². The Balaban J connectivity index is 1.64. The van der Waals surface area contributed by atoms with Crippen LogP contribution in [0, 0.1) is 17.6 Å². The largest absolute Gasteiger partial charge is 0.302 e. The Morgan fingerprint density at radius 3 is 2.83 bits per heavy atom. The number of carbonyl (C=O) groups is 1. The molecule has 1 unspecified atom stereocenters. The summed E-state index contributed by atoms with van der Waals surface area (Å²) in [5.74, 6) is -2.32. The highest BCUT2D eigenvalue weighted by molar-refractivity contribution is 7.91. The summed E-state index contributed by atoms with van der Waals surface area (Å²) in [5, 5.41) is 2.94. The number of anilines is 1. The molecule has 0 aliphatic carbocycles. The van der Waals surface area contributed by atoms with Crippen molar-refractivity contribution < 1.29 is 22.0 Å². The van der Waals surface area contributed by atoms with E-state index in [4.69, 9.17) is 0 Å². The first-order valence-corrected chi connectivity index (χ1v) is 9.86. The maximum absolute atomic E-state index is 13.6. The molecule has 1 aliphatic heterocycles. The topological polar surface area (TPSA) is 76.1 Å². The summed E-state index contributed by atoms with van der Waals surface area (Å²) in [6, 6.07) is 3.37. The van der Waals surface area contributed by atoms with Crippen molar-refractivity contribution in [3.05, 3.63) is 46.5 Å². The lowest BCUT2D eigenvalue weighted by atomic mass is 10.1. The van der Waals surface area contributed by atoms with Gasteiger partial charge in [-0.2, -0.15) is 0 Å². The number of halogens is 2. The first kappa shape index (κ1) is 17.0. The van der Waals surface area contributed by atoms with Crippen molar-refractivity contribution in [1.29, 1.82) is 0 Å². The summed E-state index contributed by atoms with van der Waals surface area (Å²) in [5.41, 5.74) is 0.333. The number of thiazole rings is 1. The van der Waals surface area contributed by atoms with Crippen molar-refractivity contribution in [3.8, 4) is 0 Å². The van der Waals surface area contributed by atoms with E-state index in [1.807, 2.05) is 0 Å². The number of amides is 1. The highest BCUT2D eigenvalue weighted by Gasteiger charge is 2.33. The highest BCUT2D eigenvalue weighted by atomic mass is 32.2. The maximum atomic E-state index is 13.6. The van der Waals surface area contributed by atoms with Crippen molar-refractivity contribution in [2.75, 3.05) is 16.8 Å². The number of nitrogens with zero attached hydrogens (tertiary/aromatic N) is 1. The molecular formula is C15H14F2N2O3S2. The molecule has 0 saturated carbocycles. The summed E-state index contributed by atoms with van der Waals surface area (Å²) in [6.45, 7) is 0. The second-order valence-corrected chi connectivity index (χ2v) is 8.98. The lowest BCUT2D eigenvalue weighted by Crippen LogP contribution is -2.23. The number of benzene rings is 1. The molecule has 1 amide bonds. The Bertz CT molecular complexity index is 881. The predicted molar refractivity (Wildman–Crippen MR) is 86.7 cm³/mol. The van der Waals surface area contributed by atoms with Crippen LogP contribution in [0.1, 0.15) is 16.9 Å². The Hall–Kier alpha value is -1.87. The minimum absolute atomic E-state index is 0.0258. The van der Waals surface area contributed by atoms with Crippen LogP contribution in [0.3, 0.4) is 0 Å². The van der Waals surface area contributed by atoms with Crippen molar-refractivity contribution in [1.82, 2.24) is 4.98 Å². The van der Waals surface area contributed by atoms with Gasteiger partial charge in [0.25, 0.3) is 0 Å². The standard InChI is InChI=1S/C15H14F2N2O3S2/c16-11-2-1-9(13(17)6-11)5-12-7-18-15(23-12)19-14(20)10-3-4-24(21,22)8-10/h1-2,6-7,10H,3-5,8H2,(H,18,19,20). The van der Waals surface area contributed by atoms with Gasteiger partial charge in [0.15, 0.2) is 15.0 Å². The van der Waals surface area contributed by atoms with Crippen LogP contribution in [0.25, 0.3) is 0 Å². The van der Waals surface area contributed by atoms with Gasteiger partial charge in [0.05, 0.1) is 17.4 Å². The van der Waals surface area contributed by atoms with E-state index in [0.717, 1.165) is 6.07 Å². The molecule has 5 nitrogen and oxygen atoms in total. The minimum atomic E-state index is -3.13. The molecule has 128 valence electrons. The molecule has 2 aromatic rings. The van der Waals surface area contributed by atoms with Crippen LogP contribution < -0.4 is 5.32 Å². The third kappa shape index (κ3) is 3.96. The molecule has 1 atom stereocenters. The van der Waals surface area contributed by atoms with Crippen LogP contribution >= 0.6 is 11.3 Å². The number of hydrogen-bond donors (Lipinski definition) is 1. The van der Waals surface area contributed by atoms with E-state index in [2.05, 4.69) is 10.3 Å². The van der Waals surface area contributed by atoms with Crippen LogP contribution in [0.5, 0.6) is 0 Å². The first-order valence-electron chi connectivity index (χ1n) is 7.22. The molecule has 1 aromatic carbocycles. The Kier molecular flexibility index (Phi) is 4.64. The van der Waals surface area contributed by atoms with Gasteiger partial charge in [0.2, 0.25) is 5.91 Å². The minimum Gasteiger partial charge on any atom is -0.302 e. The third-order valence-electron chi connectivity index (χ3n) is 3.77. The van der Waals surface area contributed by atoms with E-state index < -0.39 is 27.4 Å². The van der Waals surface area contributed by atoms with Crippen molar-refractivity contribution in [2.24, 2.45) is 5.92 Å². The van der Waals surface area contributed by atoms with Crippen LogP contribution in [0.2, 0.25) is 0 Å². The average Bonchev–Trinajstić information content (AvgIpc) is 3.08. The van der Waals surface area contributed by atoms with Crippen LogP contribution in [-0.4, -0.2) is 30.8 Å². The highest BCUT2D eigenvalue weighted by Crippen LogP contribution is 2.25. The molecule has 1 aliphatic rings. The molecule has 0 spiro atoms. The van der Waals surface area contributed by atoms with E-state index in [0.29, 0.717) is 22.0 Å². The molecular weight excluding hydrogens is 358 g/mol. The second kappa shape index (κ2) is 6.56. The SMILES string of the molecule is O=C(Nc1ncc(Cc2ccc(F)cc2F)s1)C1CCS(=O)(=O)C1. The van der Waals surface area contributed by atoms with Crippen LogP contribution in [0.4, 0.5) is 13.9 Å². The average molecular weight is 372 g/mol. The summed E-state index contributed by atoms with van der Waals surface area (Å²) in [4.78, 5) is 16.8. The third-order valence-corrected chi connectivity index (χ3v) is 6.45. The first-order chi connectivity index (χ1) is 11.3. The van der Waals surface area contributed by atoms with Gasteiger partial charge in [-0.25, -0.2) is 22.2 Å². The molecule has 24 heavy (non-hydrogen) atoms. The van der Waals surface area contributed by atoms with Gasteiger partial charge < -0.3 is 5.32 Å². The number of sulfone groups is 1. The second-order valence-electron chi connectivity index (χ2n) is 5.63. The van der Waals surface area contributed by atoms with Crippen LogP contribution in [-0.2, 0) is 21.1 Å². The predicted octanol–water partition coefficient (Wildman–Crippen LogP) is 2.39. The fourth-order valence-corrected chi connectivity index (χ4v) is 5.09. The fourth-order valence-electron chi connectivity index (χ4n) is 2.51. The zero-order valence-electron chi connectivity index (χ0n) is 12.5. The molecule has 1 N–H and O–H groups in total. The quantitative estimate of drug-likeness (QED) is 0.894. The van der Waals surface area contributed by atoms with Crippen molar-refractivity contribution >= 4 is 32.2 Å². The molecule has 0 bridgehead atoms. The van der Waals surface area contributed by atoms with Gasteiger partial charge in [-0.05, 0) is 18.1 Å². The monoisotopic (exact) mass is 372 g/mol. The Morgan fingerprint density at radius 2 is 2.17 bits per heavy atom. The molecule has 1 fully saturated rings. The summed E-state index contributed by atoms with van der Waals surface area (Å²) in [7, 11) is -3.13. The fraction of sp³-hybridized carbons (Fsp3) is 0.333. The van der Waals surface area contributed by atoms with Gasteiger partial charge in [0.1, 0.15) is 11.6 Å². The van der Waals surface area contributed by atoms with E-state index in [9.17, 15) is 22.0 Å². The summed E-state index contributed by atoms with van der Waals surface area (Å²) in [6.07, 6.45) is 2.05. The van der Waals surface area contributed by atoms with Crippen molar-refractivity contribution in [2.45, 2.75) is 12.8 Å². The number of aromatic nitrogens is 1. The van der Waals surface area contributed by atoms with Crippen molar-refractivity contribution in [3.63, 3.8) is 0 Å². The van der Waals surface area contributed by atoms with E-state index in [1.165, 1.54) is 29.7 Å². The lowest BCUT2D eigenvalue weighted by molar-refractivity contribution is -0.119. The molecule has 3 rings (SSSR count). The number of nitrogens with one attached hydrogen (secondary N) is 1. The van der Waals surface area contributed by atoms with Gasteiger partial charge >= 0.3 is 0 Å². The molecule has 0 radical (unpaired) electrons. The maximum Gasteiger partial charge on any atom is 0.230 e. The van der Waals surface area contributed by atoms with Gasteiger partial charge in [-0.15, -0.1) is 11.3 Å². The van der Waals surface area contributed by atoms with Crippen LogP contribution in [0.15, 0.2) is 24.4 Å². The lowest BCUT2D eigenvalue weighted by Gasteiger charge is -2.06. The zero-order chi connectivity index (χ0) is 17.3. The molecule has 2 heterocycles. The zero-order valence-corrected chi connectivity index (χ0v) is 14.1. The Labute approximate surface area is 141 Å². The van der Waals surface area contributed by atoms with E-state index >= 15 is 0 Å². The van der Waals surface area contributed by atoms with Gasteiger partial charge in [-0.1, -0.05) is 6.07 Å². The van der Waals surface area contributed by atoms with Gasteiger partial charge in [-0.3, -0.25) is 4.79 Å². The number of carbonyl (C=O) groups excluding carboxylic acids is 1. The Morgan fingerprint density at radius 1 is 1.38 bits per heavy atom. The summed E-state index contributed by atoms with van der Waals surface area (Å²) < 4.78 is 49.4. The van der Waals surface area contributed by atoms with E-state index in [-0.39, 0.29) is 23.8 Å². The molecule has 9 heteroatoms. The summed E-state index contributed by atoms with van der Waals surface area (Å²) >= 11 is 1.17. The van der Waals surface area contributed by atoms with E-state index in [1.54, 1.807) is 0 Å². The molecule has 1 saturated heterocycles. The molecule has 1 aromatic heterocycles. The normalized spacial score (nSPS) is 19.3. The number of hydrogen-bond acceptors (Lipinski definition) is 5. The number of rotatable bonds is 4.